The zero-order valence-corrected chi connectivity index (χ0v) is 12.8. The summed E-state index contributed by atoms with van der Waals surface area (Å²) in [5, 5.41) is 9.35. The van der Waals surface area contributed by atoms with Gasteiger partial charge in [0.05, 0.1) is 13.2 Å². The third-order valence-corrected chi connectivity index (χ3v) is 3.53. The van der Waals surface area contributed by atoms with Gasteiger partial charge in [0, 0.05) is 6.61 Å². The van der Waals surface area contributed by atoms with Gasteiger partial charge in [-0.25, -0.2) is 0 Å². The fourth-order valence-corrected chi connectivity index (χ4v) is 2.27. The first-order valence-electron chi connectivity index (χ1n) is 7.35. The topological polar surface area (TPSA) is 64.7 Å². The highest BCUT2D eigenvalue weighted by atomic mass is 16.5. The van der Waals surface area contributed by atoms with Crippen molar-refractivity contribution in [1.82, 2.24) is 0 Å². The van der Waals surface area contributed by atoms with E-state index in [-0.39, 0.29) is 12.5 Å². The summed E-state index contributed by atoms with van der Waals surface area (Å²) in [6.45, 7) is 7.94. The summed E-state index contributed by atoms with van der Waals surface area (Å²) in [5.74, 6) is 2.14. The number of aliphatic hydroxyl groups is 1. The van der Waals surface area contributed by atoms with Crippen LogP contribution in [0.4, 0.5) is 0 Å². The molecule has 4 nitrogen and oxygen atoms in total. The Morgan fingerprint density at radius 3 is 2.45 bits per heavy atom. The van der Waals surface area contributed by atoms with Gasteiger partial charge in [-0.1, -0.05) is 6.92 Å². The van der Waals surface area contributed by atoms with Crippen molar-refractivity contribution in [3.05, 3.63) is 23.8 Å². The van der Waals surface area contributed by atoms with Crippen molar-refractivity contribution in [1.29, 1.82) is 0 Å². The van der Waals surface area contributed by atoms with Crippen LogP contribution in [-0.4, -0.2) is 31.5 Å². The second-order valence-corrected chi connectivity index (χ2v) is 5.00. The van der Waals surface area contributed by atoms with Crippen LogP contribution >= 0.6 is 0 Å². The van der Waals surface area contributed by atoms with E-state index in [0.29, 0.717) is 25.7 Å². The number of benzene rings is 1. The van der Waals surface area contributed by atoms with Gasteiger partial charge in [-0.3, -0.25) is 0 Å². The zero-order chi connectivity index (χ0) is 15.0. The minimum atomic E-state index is 0.111. The van der Waals surface area contributed by atoms with Crippen LogP contribution in [0.15, 0.2) is 18.2 Å². The predicted octanol–water partition coefficient (Wildman–Crippen LogP) is 2.23. The molecule has 0 aromatic heterocycles. The largest absolute Gasteiger partial charge is 0.494 e. The first kappa shape index (κ1) is 16.8. The predicted molar refractivity (Wildman–Crippen MR) is 81.3 cm³/mol. The monoisotopic (exact) mass is 281 g/mol. The minimum Gasteiger partial charge on any atom is -0.494 e. The van der Waals surface area contributed by atoms with Gasteiger partial charge in [0.1, 0.15) is 11.5 Å². The average Bonchev–Trinajstić information content (AvgIpc) is 2.43. The molecule has 0 saturated heterocycles. The average molecular weight is 281 g/mol. The van der Waals surface area contributed by atoms with Crippen molar-refractivity contribution < 1.29 is 14.6 Å². The fourth-order valence-electron chi connectivity index (χ4n) is 2.27. The van der Waals surface area contributed by atoms with Gasteiger partial charge in [-0.2, -0.15) is 0 Å². The molecule has 3 N–H and O–H groups in total. The van der Waals surface area contributed by atoms with Gasteiger partial charge in [-0.05, 0) is 62.4 Å². The lowest BCUT2D eigenvalue weighted by atomic mass is 9.88. The number of ether oxygens (including phenoxy) is 2. The van der Waals surface area contributed by atoms with Gasteiger partial charge in [-0.15, -0.1) is 0 Å². The van der Waals surface area contributed by atoms with E-state index in [4.69, 9.17) is 15.2 Å². The van der Waals surface area contributed by atoms with E-state index in [1.165, 1.54) is 0 Å². The van der Waals surface area contributed by atoms with Crippen molar-refractivity contribution in [3.8, 4) is 11.5 Å². The zero-order valence-electron chi connectivity index (χ0n) is 12.8. The highest BCUT2D eigenvalue weighted by Crippen LogP contribution is 2.28. The van der Waals surface area contributed by atoms with Gasteiger partial charge in [0.2, 0.25) is 0 Å². The molecule has 20 heavy (non-hydrogen) atoms. The Kier molecular flexibility index (Phi) is 7.41. The Bertz CT molecular complexity index is 391. The molecule has 0 saturated carbocycles. The smallest absolute Gasteiger partial charge is 0.122 e. The molecule has 0 amide bonds. The molecule has 0 heterocycles. The van der Waals surface area contributed by atoms with Crippen molar-refractivity contribution in [3.63, 3.8) is 0 Å². The number of hydrogen-bond acceptors (Lipinski definition) is 4. The second kappa shape index (κ2) is 8.82. The van der Waals surface area contributed by atoms with Crippen molar-refractivity contribution >= 4 is 0 Å². The second-order valence-electron chi connectivity index (χ2n) is 5.00. The highest BCUT2D eigenvalue weighted by Gasteiger charge is 2.17. The molecule has 2 atom stereocenters. The molecule has 2 unspecified atom stereocenters. The maximum atomic E-state index is 9.35. The molecule has 0 bridgehead atoms. The molecule has 0 fully saturated rings. The summed E-state index contributed by atoms with van der Waals surface area (Å²) < 4.78 is 11.2. The standard InChI is InChI=1S/C16H27NO3/c1-4-19-15-6-7-16(20-5-2)13(9-15)8-12(3)14(10-17)11-18/h6-7,9,12,14,18H,4-5,8,10-11,17H2,1-3H3. The summed E-state index contributed by atoms with van der Waals surface area (Å²) >= 11 is 0. The Balaban J connectivity index is 2.90. The third-order valence-electron chi connectivity index (χ3n) is 3.53. The number of aliphatic hydroxyl groups excluding tert-OH is 1. The maximum absolute atomic E-state index is 9.35. The molecule has 0 aliphatic heterocycles. The molecule has 1 aromatic rings. The first-order chi connectivity index (χ1) is 9.65. The van der Waals surface area contributed by atoms with Crippen molar-refractivity contribution in [2.75, 3.05) is 26.4 Å². The minimum absolute atomic E-state index is 0.111. The van der Waals surface area contributed by atoms with Crippen LogP contribution in [0.3, 0.4) is 0 Å². The van der Waals surface area contributed by atoms with E-state index >= 15 is 0 Å². The fraction of sp³-hybridized carbons (Fsp3) is 0.625. The lowest BCUT2D eigenvalue weighted by Gasteiger charge is -2.22. The van der Waals surface area contributed by atoms with Crippen LogP contribution in [0.1, 0.15) is 26.3 Å². The third kappa shape index (κ3) is 4.69. The molecule has 0 radical (unpaired) electrons. The molecule has 1 aromatic carbocycles. The van der Waals surface area contributed by atoms with E-state index in [2.05, 4.69) is 6.92 Å². The van der Waals surface area contributed by atoms with Crippen LogP contribution in [-0.2, 0) is 6.42 Å². The van der Waals surface area contributed by atoms with Crippen LogP contribution in [0, 0.1) is 11.8 Å². The Hall–Kier alpha value is -1.26. The molecule has 4 heteroatoms. The molecule has 0 spiro atoms. The summed E-state index contributed by atoms with van der Waals surface area (Å²) in [7, 11) is 0. The van der Waals surface area contributed by atoms with Crippen LogP contribution in [0.2, 0.25) is 0 Å². The lowest BCUT2D eigenvalue weighted by Crippen LogP contribution is -2.26. The number of nitrogens with two attached hydrogens (primary N) is 1. The van der Waals surface area contributed by atoms with Gasteiger partial charge in [0.15, 0.2) is 0 Å². The van der Waals surface area contributed by atoms with E-state index in [1.807, 2.05) is 32.0 Å². The SMILES string of the molecule is CCOc1ccc(OCC)c(CC(C)C(CN)CO)c1. The summed E-state index contributed by atoms with van der Waals surface area (Å²) in [6, 6.07) is 5.90. The first-order valence-corrected chi connectivity index (χ1v) is 7.35. The lowest BCUT2D eigenvalue weighted by molar-refractivity contribution is 0.186. The maximum Gasteiger partial charge on any atom is 0.122 e. The van der Waals surface area contributed by atoms with Gasteiger partial charge >= 0.3 is 0 Å². The van der Waals surface area contributed by atoms with E-state index in [9.17, 15) is 5.11 Å². The summed E-state index contributed by atoms with van der Waals surface area (Å²) in [5.41, 5.74) is 6.80. The number of hydrogen-bond donors (Lipinski definition) is 2. The van der Waals surface area contributed by atoms with Crippen LogP contribution in [0.5, 0.6) is 11.5 Å². The normalized spacial score (nSPS) is 13.8. The van der Waals surface area contributed by atoms with E-state index < -0.39 is 0 Å². The Morgan fingerprint density at radius 2 is 1.90 bits per heavy atom. The van der Waals surface area contributed by atoms with Crippen molar-refractivity contribution in [2.24, 2.45) is 17.6 Å². The molecule has 0 aliphatic carbocycles. The summed E-state index contributed by atoms with van der Waals surface area (Å²) in [6.07, 6.45) is 0.818. The van der Waals surface area contributed by atoms with Crippen LogP contribution in [0.25, 0.3) is 0 Å². The van der Waals surface area contributed by atoms with E-state index in [0.717, 1.165) is 23.5 Å². The molecule has 114 valence electrons. The van der Waals surface area contributed by atoms with E-state index in [1.54, 1.807) is 0 Å². The summed E-state index contributed by atoms with van der Waals surface area (Å²) in [4.78, 5) is 0. The number of rotatable bonds is 9. The van der Waals surface area contributed by atoms with Crippen LogP contribution < -0.4 is 15.2 Å². The molecule has 0 aliphatic rings. The van der Waals surface area contributed by atoms with Gasteiger partial charge < -0.3 is 20.3 Å². The van der Waals surface area contributed by atoms with Crippen molar-refractivity contribution in [2.45, 2.75) is 27.2 Å². The quantitative estimate of drug-likeness (QED) is 0.728. The highest BCUT2D eigenvalue weighted by molar-refractivity contribution is 5.40. The Labute approximate surface area is 121 Å². The Morgan fingerprint density at radius 1 is 1.20 bits per heavy atom. The molecule has 1 rings (SSSR count). The molecular formula is C16H27NO3. The molecular weight excluding hydrogens is 254 g/mol. The van der Waals surface area contributed by atoms with Gasteiger partial charge in [0.25, 0.3) is 0 Å².